The summed E-state index contributed by atoms with van der Waals surface area (Å²) >= 11 is 0. The molecule has 0 amide bonds. The van der Waals surface area contributed by atoms with Crippen LogP contribution in [0.1, 0.15) is 29.1 Å². The fourth-order valence-electron chi connectivity index (χ4n) is 1.42. The highest BCUT2D eigenvalue weighted by Gasteiger charge is 2.23. The lowest BCUT2D eigenvalue weighted by atomic mass is 10.1. The fourth-order valence-corrected chi connectivity index (χ4v) is 1.42. The van der Waals surface area contributed by atoms with E-state index in [2.05, 4.69) is 0 Å². The molecule has 0 spiro atoms. The van der Waals surface area contributed by atoms with Crippen LogP contribution in [0.15, 0.2) is 24.3 Å². The zero-order chi connectivity index (χ0) is 9.97. The molecule has 3 heteroatoms. The number of aldehydes is 1. The van der Waals surface area contributed by atoms with E-state index in [1.807, 2.05) is 19.1 Å². The van der Waals surface area contributed by atoms with Crippen LogP contribution >= 0.6 is 0 Å². The molecule has 0 bridgehead atoms. The van der Waals surface area contributed by atoms with E-state index in [0.29, 0.717) is 12.2 Å². The van der Waals surface area contributed by atoms with Gasteiger partial charge >= 0.3 is 0 Å². The summed E-state index contributed by atoms with van der Waals surface area (Å²) in [5.41, 5.74) is 1.62. The van der Waals surface area contributed by atoms with E-state index in [9.17, 15) is 4.79 Å². The molecule has 74 valence electrons. The average Bonchev–Trinajstić information content (AvgIpc) is 2.65. The van der Waals surface area contributed by atoms with E-state index in [4.69, 9.17) is 9.47 Å². The van der Waals surface area contributed by atoms with Crippen LogP contribution in [0.4, 0.5) is 0 Å². The molecule has 1 aliphatic heterocycles. The van der Waals surface area contributed by atoms with E-state index in [-0.39, 0.29) is 12.4 Å². The largest absolute Gasteiger partial charge is 0.346 e. The third-order valence-electron chi connectivity index (χ3n) is 2.18. The molecule has 0 N–H and O–H groups in total. The molecule has 1 heterocycles. The summed E-state index contributed by atoms with van der Waals surface area (Å²) in [6.45, 7) is 2.60. The van der Waals surface area contributed by atoms with E-state index in [1.165, 1.54) is 0 Å². The van der Waals surface area contributed by atoms with Crippen LogP contribution in [0.25, 0.3) is 0 Å². The van der Waals surface area contributed by atoms with Gasteiger partial charge in [0.2, 0.25) is 0 Å². The van der Waals surface area contributed by atoms with Gasteiger partial charge in [0.05, 0.1) is 12.7 Å². The summed E-state index contributed by atoms with van der Waals surface area (Å²) in [5, 5.41) is 0. The Labute approximate surface area is 82.6 Å². The van der Waals surface area contributed by atoms with Crippen LogP contribution in [0.2, 0.25) is 0 Å². The predicted octanol–water partition coefficient (Wildman–Crippen LogP) is 1.93. The molecule has 0 radical (unpaired) electrons. The first-order valence-corrected chi connectivity index (χ1v) is 4.62. The highest BCUT2D eigenvalue weighted by Crippen LogP contribution is 2.26. The molecule has 1 fully saturated rings. The van der Waals surface area contributed by atoms with Crippen LogP contribution in [0.3, 0.4) is 0 Å². The van der Waals surface area contributed by atoms with Crippen molar-refractivity contribution in [2.75, 3.05) is 6.61 Å². The lowest BCUT2D eigenvalue weighted by molar-refractivity contribution is -0.0572. The van der Waals surface area contributed by atoms with Gasteiger partial charge in [0, 0.05) is 11.1 Å². The SMILES string of the molecule is CC1COC(c2ccc(C=O)cc2)O1. The highest BCUT2D eigenvalue weighted by atomic mass is 16.7. The van der Waals surface area contributed by atoms with E-state index >= 15 is 0 Å². The normalized spacial score (nSPS) is 26.4. The summed E-state index contributed by atoms with van der Waals surface area (Å²) < 4.78 is 10.9. The number of carbonyl (C=O) groups is 1. The second kappa shape index (κ2) is 3.90. The topological polar surface area (TPSA) is 35.5 Å². The molecule has 1 aliphatic rings. The smallest absolute Gasteiger partial charge is 0.184 e. The van der Waals surface area contributed by atoms with Crippen LogP contribution in [0.5, 0.6) is 0 Å². The third-order valence-corrected chi connectivity index (χ3v) is 2.18. The molecule has 1 aromatic carbocycles. The Morgan fingerprint density at radius 1 is 1.36 bits per heavy atom. The molecule has 1 saturated heterocycles. The maximum atomic E-state index is 10.4. The Hall–Kier alpha value is -1.19. The molecule has 2 unspecified atom stereocenters. The third kappa shape index (κ3) is 1.84. The summed E-state index contributed by atoms with van der Waals surface area (Å²) in [7, 11) is 0. The Balaban J connectivity index is 2.13. The minimum atomic E-state index is -0.272. The van der Waals surface area contributed by atoms with Gasteiger partial charge in [0.1, 0.15) is 6.29 Å². The second-order valence-electron chi connectivity index (χ2n) is 3.40. The number of ether oxygens (including phenoxy) is 2. The summed E-state index contributed by atoms with van der Waals surface area (Å²) in [6, 6.07) is 7.23. The number of hydrogen-bond donors (Lipinski definition) is 0. The van der Waals surface area contributed by atoms with E-state index < -0.39 is 0 Å². The van der Waals surface area contributed by atoms with Gasteiger partial charge in [-0.15, -0.1) is 0 Å². The molecule has 1 aromatic rings. The molecule has 3 nitrogen and oxygen atoms in total. The zero-order valence-corrected chi connectivity index (χ0v) is 7.97. The van der Waals surface area contributed by atoms with Crippen LogP contribution in [0, 0.1) is 0 Å². The number of rotatable bonds is 2. The van der Waals surface area contributed by atoms with Crippen molar-refractivity contribution < 1.29 is 14.3 Å². The van der Waals surface area contributed by atoms with Gasteiger partial charge in [-0.3, -0.25) is 4.79 Å². The molecule has 0 aromatic heterocycles. The van der Waals surface area contributed by atoms with Crippen LogP contribution in [-0.4, -0.2) is 19.0 Å². The molecule has 0 aliphatic carbocycles. The van der Waals surface area contributed by atoms with Crippen molar-refractivity contribution in [3.05, 3.63) is 35.4 Å². The van der Waals surface area contributed by atoms with Crippen molar-refractivity contribution in [1.82, 2.24) is 0 Å². The van der Waals surface area contributed by atoms with Gasteiger partial charge in [-0.05, 0) is 6.92 Å². The Kier molecular flexibility index (Phi) is 2.61. The standard InChI is InChI=1S/C11H12O3/c1-8-7-13-11(14-8)10-4-2-9(6-12)3-5-10/h2-6,8,11H,7H2,1H3. The first-order valence-electron chi connectivity index (χ1n) is 4.62. The first kappa shape index (κ1) is 9.37. The van der Waals surface area contributed by atoms with Gasteiger partial charge in [-0.25, -0.2) is 0 Å². The maximum Gasteiger partial charge on any atom is 0.184 e. The van der Waals surface area contributed by atoms with E-state index in [1.54, 1.807) is 12.1 Å². The lowest BCUT2D eigenvalue weighted by Gasteiger charge is -2.09. The Morgan fingerprint density at radius 2 is 2.07 bits per heavy atom. The lowest BCUT2D eigenvalue weighted by Crippen LogP contribution is -2.02. The second-order valence-corrected chi connectivity index (χ2v) is 3.40. The number of carbonyl (C=O) groups excluding carboxylic acids is 1. The molecule has 2 rings (SSSR count). The van der Waals surface area contributed by atoms with Gasteiger partial charge in [0.15, 0.2) is 6.29 Å². The average molecular weight is 192 g/mol. The van der Waals surface area contributed by atoms with Gasteiger partial charge in [-0.2, -0.15) is 0 Å². The van der Waals surface area contributed by atoms with Crippen LogP contribution < -0.4 is 0 Å². The van der Waals surface area contributed by atoms with Gasteiger partial charge in [-0.1, -0.05) is 24.3 Å². The monoisotopic (exact) mass is 192 g/mol. The van der Waals surface area contributed by atoms with Crippen molar-refractivity contribution in [2.45, 2.75) is 19.3 Å². The van der Waals surface area contributed by atoms with Gasteiger partial charge in [0.25, 0.3) is 0 Å². The Morgan fingerprint density at radius 3 is 2.57 bits per heavy atom. The molecule has 14 heavy (non-hydrogen) atoms. The summed E-state index contributed by atoms with van der Waals surface area (Å²) in [6.07, 6.45) is 0.694. The predicted molar refractivity (Wildman–Crippen MR) is 51.1 cm³/mol. The van der Waals surface area contributed by atoms with Gasteiger partial charge < -0.3 is 9.47 Å². The maximum absolute atomic E-state index is 10.4. The summed E-state index contributed by atoms with van der Waals surface area (Å²) in [4.78, 5) is 10.4. The van der Waals surface area contributed by atoms with E-state index in [0.717, 1.165) is 11.8 Å². The fraction of sp³-hybridized carbons (Fsp3) is 0.364. The minimum Gasteiger partial charge on any atom is -0.346 e. The number of benzene rings is 1. The van der Waals surface area contributed by atoms with Crippen molar-refractivity contribution in [1.29, 1.82) is 0 Å². The summed E-state index contributed by atoms with van der Waals surface area (Å²) in [5.74, 6) is 0. The zero-order valence-electron chi connectivity index (χ0n) is 7.97. The molecular weight excluding hydrogens is 180 g/mol. The Bertz CT molecular complexity index is 318. The van der Waals surface area contributed by atoms with Crippen LogP contribution in [-0.2, 0) is 9.47 Å². The quantitative estimate of drug-likeness (QED) is 0.672. The first-order chi connectivity index (χ1) is 6.79. The molecular formula is C11H12O3. The highest BCUT2D eigenvalue weighted by molar-refractivity contribution is 5.74. The molecule has 2 atom stereocenters. The van der Waals surface area contributed by atoms with Crippen molar-refractivity contribution in [2.24, 2.45) is 0 Å². The number of hydrogen-bond acceptors (Lipinski definition) is 3. The van der Waals surface area contributed by atoms with Crippen molar-refractivity contribution in [3.63, 3.8) is 0 Å². The van der Waals surface area contributed by atoms with Crippen molar-refractivity contribution in [3.8, 4) is 0 Å². The van der Waals surface area contributed by atoms with Crippen molar-refractivity contribution >= 4 is 6.29 Å². The molecule has 0 saturated carbocycles. The minimum absolute atomic E-state index is 0.144.